The topological polar surface area (TPSA) is 81.4 Å². The molecule has 0 saturated carbocycles. The first-order valence-electron chi connectivity index (χ1n) is 6.48. The Morgan fingerprint density at radius 1 is 1.33 bits per heavy atom. The number of carboxylic acids is 1. The average Bonchev–Trinajstić information content (AvgIpc) is 2.44. The van der Waals surface area contributed by atoms with Crippen molar-refractivity contribution in [3.05, 3.63) is 33.7 Å². The highest BCUT2D eigenvalue weighted by molar-refractivity contribution is 8.08. The van der Waals surface area contributed by atoms with Crippen LogP contribution in [0.5, 0.6) is 0 Å². The number of thioether (sulfide) groups is 2. The molecule has 4 nitrogen and oxygen atoms in total. The number of carboxylic acid groups (broad SMARTS) is 1. The first kappa shape index (κ1) is 16.1. The third-order valence-corrected chi connectivity index (χ3v) is 6.20. The van der Waals surface area contributed by atoms with Crippen LogP contribution in [0.25, 0.3) is 0 Å². The molecule has 0 fully saturated rings. The molecule has 6 heteroatoms. The zero-order valence-electron chi connectivity index (χ0n) is 11.8. The summed E-state index contributed by atoms with van der Waals surface area (Å²) in [6.07, 6.45) is 0.898. The molecule has 0 aromatic heterocycles. The number of aryl methyl sites for hydroxylation is 2. The fourth-order valence-electron chi connectivity index (χ4n) is 2.09. The Hall–Kier alpha value is -1.24. The highest BCUT2D eigenvalue weighted by Crippen LogP contribution is 2.49. The summed E-state index contributed by atoms with van der Waals surface area (Å²) in [6.45, 7) is 4.01. The maximum Gasteiger partial charge on any atom is 0.307 e. The Kier molecular flexibility index (Phi) is 5.13. The van der Waals surface area contributed by atoms with E-state index in [1.54, 1.807) is 0 Å². The minimum Gasteiger partial charge on any atom is -0.481 e. The van der Waals surface area contributed by atoms with Gasteiger partial charge in [-0.3, -0.25) is 4.79 Å². The Bertz CT molecular complexity index is 626. The van der Waals surface area contributed by atoms with E-state index < -0.39 is 5.97 Å². The predicted octanol–water partition coefficient (Wildman–Crippen LogP) is 3.24. The van der Waals surface area contributed by atoms with Crippen molar-refractivity contribution in [1.29, 1.82) is 5.41 Å². The standard InChI is InChI=1S/C15H17NO3S2/c1-8-3-11-12(4-9(8)2)21-15(13(7-17)20-11)10(6-16)5-14(18)19/h3-4,6,13,16-17H,5,7H2,1-2H3,(H,18,19)/b15-10-,16-6?. The number of rotatable bonds is 4. The number of hydrogen-bond acceptors (Lipinski definition) is 5. The van der Waals surface area contributed by atoms with Gasteiger partial charge in [-0.15, -0.1) is 11.8 Å². The molecule has 0 aliphatic carbocycles. The summed E-state index contributed by atoms with van der Waals surface area (Å²) in [5.74, 6) is -0.964. The first-order chi connectivity index (χ1) is 9.96. The predicted molar refractivity (Wildman–Crippen MR) is 86.6 cm³/mol. The van der Waals surface area contributed by atoms with Crippen LogP contribution < -0.4 is 0 Å². The summed E-state index contributed by atoms with van der Waals surface area (Å²) >= 11 is 3.01. The van der Waals surface area contributed by atoms with Crippen molar-refractivity contribution >= 4 is 35.7 Å². The summed E-state index contributed by atoms with van der Waals surface area (Å²) in [5, 5.41) is 25.8. The zero-order valence-corrected chi connectivity index (χ0v) is 13.5. The lowest BCUT2D eigenvalue weighted by Gasteiger charge is -2.27. The minimum atomic E-state index is -0.964. The zero-order chi connectivity index (χ0) is 15.6. The van der Waals surface area contributed by atoms with Gasteiger partial charge in [0.1, 0.15) is 0 Å². The molecule has 1 aromatic rings. The van der Waals surface area contributed by atoms with Gasteiger partial charge in [-0.05, 0) is 42.7 Å². The number of aliphatic hydroxyl groups is 1. The second kappa shape index (κ2) is 6.68. The van der Waals surface area contributed by atoms with E-state index in [9.17, 15) is 9.90 Å². The van der Waals surface area contributed by atoms with Gasteiger partial charge < -0.3 is 15.6 Å². The van der Waals surface area contributed by atoms with Crippen LogP contribution in [0, 0.1) is 19.3 Å². The molecule has 1 aromatic carbocycles. The van der Waals surface area contributed by atoms with Gasteiger partial charge in [-0.2, -0.15) is 0 Å². The Morgan fingerprint density at radius 2 is 1.95 bits per heavy atom. The maximum atomic E-state index is 10.9. The Labute approximate surface area is 132 Å². The monoisotopic (exact) mass is 323 g/mol. The molecule has 0 spiro atoms. The third-order valence-electron chi connectivity index (χ3n) is 3.34. The van der Waals surface area contributed by atoms with Crippen molar-refractivity contribution in [2.24, 2.45) is 0 Å². The van der Waals surface area contributed by atoms with Crippen molar-refractivity contribution in [1.82, 2.24) is 0 Å². The second-order valence-electron chi connectivity index (χ2n) is 4.88. The first-order valence-corrected chi connectivity index (χ1v) is 8.17. The van der Waals surface area contributed by atoms with Crippen molar-refractivity contribution in [2.75, 3.05) is 6.61 Å². The normalized spacial score (nSPS) is 19.9. The molecule has 2 rings (SSSR count). The number of benzene rings is 1. The molecule has 1 aliphatic heterocycles. The van der Waals surface area contributed by atoms with Crippen molar-refractivity contribution in [3.8, 4) is 0 Å². The van der Waals surface area contributed by atoms with E-state index in [1.165, 1.54) is 34.7 Å². The van der Waals surface area contributed by atoms with Crippen LogP contribution in [0.1, 0.15) is 17.5 Å². The molecule has 112 valence electrons. The van der Waals surface area contributed by atoms with Gasteiger partial charge in [0.2, 0.25) is 0 Å². The van der Waals surface area contributed by atoms with Gasteiger partial charge >= 0.3 is 5.97 Å². The third kappa shape index (κ3) is 3.51. The molecule has 0 amide bonds. The molecular weight excluding hydrogens is 306 g/mol. The quantitative estimate of drug-likeness (QED) is 0.741. The fraction of sp³-hybridized carbons (Fsp3) is 0.333. The second-order valence-corrected chi connectivity index (χ2v) is 7.21. The minimum absolute atomic E-state index is 0.0731. The number of fused-ring (bicyclic) bond motifs is 1. The lowest BCUT2D eigenvalue weighted by Crippen LogP contribution is -2.17. The van der Waals surface area contributed by atoms with E-state index >= 15 is 0 Å². The largest absolute Gasteiger partial charge is 0.481 e. The van der Waals surface area contributed by atoms with Crippen LogP contribution in [0.15, 0.2) is 32.4 Å². The Balaban J connectivity index is 2.48. The summed E-state index contributed by atoms with van der Waals surface area (Å²) in [4.78, 5) is 13.9. The molecule has 1 aliphatic rings. The number of hydrogen-bond donors (Lipinski definition) is 3. The van der Waals surface area contributed by atoms with Gasteiger partial charge in [0.15, 0.2) is 0 Å². The highest BCUT2D eigenvalue weighted by Gasteiger charge is 2.27. The number of carbonyl (C=O) groups is 1. The highest BCUT2D eigenvalue weighted by atomic mass is 32.2. The van der Waals surface area contributed by atoms with E-state index in [-0.39, 0.29) is 18.3 Å². The lowest BCUT2D eigenvalue weighted by molar-refractivity contribution is -0.136. The average molecular weight is 323 g/mol. The van der Waals surface area contributed by atoms with Crippen LogP contribution in [0.2, 0.25) is 0 Å². The number of nitrogens with one attached hydrogen (secondary N) is 1. The van der Waals surface area contributed by atoms with Crippen LogP contribution in [0.3, 0.4) is 0 Å². The van der Waals surface area contributed by atoms with Gasteiger partial charge in [-0.25, -0.2) is 0 Å². The van der Waals surface area contributed by atoms with Crippen molar-refractivity contribution < 1.29 is 15.0 Å². The molecule has 21 heavy (non-hydrogen) atoms. The van der Waals surface area contributed by atoms with Crippen LogP contribution in [-0.2, 0) is 4.79 Å². The molecule has 0 saturated heterocycles. The molecular formula is C15H17NO3S2. The lowest BCUT2D eigenvalue weighted by atomic mass is 10.1. The van der Waals surface area contributed by atoms with Crippen molar-refractivity contribution in [2.45, 2.75) is 35.3 Å². The van der Waals surface area contributed by atoms with E-state index in [0.29, 0.717) is 5.57 Å². The molecule has 1 heterocycles. The molecule has 3 N–H and O–H groups in total. The molecule has 1 unspecified atom stereocenters. The van der Waals surface area contributed by atoms with E-state index in [0.717, 1.165) is 20.9 Å². The Morgan fingerprint density at radius 3 is 2.48 bits per heavy atom. The summed E-state index contributed by atoms with van der Waals surface area (Å²) < 4.78 is 0. The summed E-state index contributed by atoms with van der Waals surface area (Å²) in [7, 11) is 0. The SMILES string of the molecule is Cc1cc2c(cc1C)SC(CO)/C(=C(/C=N)CC(=O)O)S2. The van der Waals surface area contributed by atoms with Gasteiger partial charge in [0.25, 0.3) is 0 Å². The number of aliphatic carboxylic acids is 1. The fourth-order valence-corrected chi connectivity index (χ4v) is 4.81. The van der Waals surface area contributed by atoms with E-state index in [2.05, 4.69) is 12.1 Å². The van der Waals surface area contributed by atoms with Crippen molar-refractivity contribution in [3.63, 3.8) is 0 Å². The van der Waals surface area contributed by atoms with E-state index in [4.69, 9.17) is 10.5 Å². The van der Waals surface area contributed by atoms with E-state index in [1.807, 2.05) is 13.8 Å². The van der Waals surface area contributed by atoms with Gasteiger partial charge in [0, 0.05) is 20.9 Å². The summed E-state index contributed by atoms with van der Waals surface area (Å²) in [5.41, 5.74) is 2.84. The van der Waals surface area contributed by atoms with Gasteiger partial charge in [0.05, 0.1) is 18.3 Å². The molecule has 0 bridgehead atoms. The summed E-state index contributed by atoms with van der Waals surface area (Å²) in [6, 6.07) is 4.18. The maximum absolute atomic E-state index is 10.9. The smallest absolute Gasteiger partial charge is 0.307 e. The number of aliphatic hydroxyl groups excluding tert-OH is 1. The van der Waals surface area contributed by atoms with Crippen LogP contribution in [-0.4, -0.2) is 34.3 Å². The van der Waals surface area contributed by atoms with Crippen LogP contribution >= 0.6 is 23.5 Å². The molecule has 1 atom stereocenters. The van der Waals surface area contributed by atoms with Crippen LogP contribution in [0.4, 0.5) is 0 Å². The molecule has 0 radical (unpaired) electrons. The van der Waals surface area contributed by atoms with Gasteiger partial charge in [-0.1, -0.05) is 11.8 Å².